The van der Waals surface area contributed by atoms with E-state index >= 15 is 0 Å². The predicted octanol–water partition coefficient (Wildman–Crippen LogP) is 3.19. The zero-order valence-electron chi connectivity index (χ0n) is 12.3. The lowest BCUT2D eigenvalue weighted by molar-refractivity contribution is 0.327. The van der Waals surface area contributed by atoms with E-state index in [1.807, 2.05) is 6.20 Å². The van der Waals surface area contributed by atoms with Crippen molar-refractivity contribution in [2.75, 3.05) is 13.1 Å². The second kappa shape index (κ2) is 5.04. The molecule has 0 radical (unpaired) electrons. The molecule has 3 aromatic rings. The molecule has 1 saturated heterocycles. The van der Waals surface area contributed by atoms with Crippen LogP contribution >= 0.6 is 0 Å². The van der Waals surface area contributed by atoms with Crippen LogP contribution in [0.2, 0.25) is 0 Å². The third-order valence-electron chi connectivity index (χ3n) is 4.45. The number of hydrogen-bond acceptors (Lipinski definition) is 2. The molecule has 0 bridgehead atoms. The molecular weight excluding hydrogens is 260 g/mol. The summed E-state index contributed by atoms with van der Waals surface area (Å²) >= 11 is 0. The highest BCUT2D eigenvalue weighted by molar-refractivity contribution is 5.82. The number of aromatic amines is 2. The number of aryl methyl sites for hydroxylation is 1. The number of rotatable bonds is 3. The summed E-state index contributed by atoms with van der Waals surface area (Å²) in [6.07, 6.45) is 5.27. The quantitative estimate of drug-likeness (QED) is 0.774. The highest BCUT2D eigenvalue weighted by Gasteiger charge is 2.26. The van der Waals surface area contributed by atoms with Crippen molar-refractivity contribution in [2.24, 2.45) is 0 Å². The number of imidazole rings is 1. The fourth-order valence-corrected chi connectivity index (χ4v) is 3.34. The van der Waals surface area contributed by atoms with Crippen LogP contribution in [0.1, 0.15) is 29.4 Å². The number of hydrogen-bond donors (Lipinski definition) is 2. The molecule has 4 heteroatoms. The monoisotopic (exact) mass is 280 g/mol. The third kappa shape index (κ3) is 2.36. The van der Waals surface area contributed by atoms with E-state index in [2.05, 4.69) is 57.2 Å². The first-order chi connectivity index (χ1) is 10.3. The third-order valence-corrected chi connectivity index (χ3v) is 4.45. The van der Waals surface area contributed by atoms with Crippen molar-refractivity contribution < 1.29 is 0 Å². The minimum absolute atomic E-state index is 0.545. The second-order valence-corrected chi connectivity index (χ2v) is 6.03. The van der Waals surface area contributed by atoms with Gasteiger partial charge >= 0.3 is 0 Å². The minimum atomic E-state index is 0.545. The fraction of sp³-hybridized carbons (Fsp3) is 0.353. The van der Waals surface area contributed by atoms with Crippen LogP contribution in [-0.2, 0) is 6.54 Å². The maximum Gasteiger partial charge on any atom is 0.110 e. The van der Waals surface area contributed by atoms with Crippen LogP contribution in [0, 0.1) is 6.92 Å². The standard InChI is InChI=1S/C17H20N4/c1-12-8-19-17(20-12)13-6-7-21(10-13)11-14-9-18-16-5-3-2-4-15(14)16/h2-5,8-9,13,18H,6-7,10-11H2,1H3,(H,19,20)/t13-/m0/s1. The summed E-state index contributed by atoms with van der Waals surface area (Å²) < 4.78 is 0. The van der Waals surface area contributed by atoms with Crippen molar-refractivity contribution in [3.63, 3.8) is 0 Å². The Hall–Kier alpha value is -2.07. The van der Waals surface area contributed by atoms with Gasteiger partial charge in [-0.3, -0.25) is 4.90 Å². The smallest absolute Gasteiger partial charge is 0.110 e. The molecule has 2 aromatic heterocycles. The molecule has 1 aliphatic rings. The Morgan fingerprint density at radius 2 is 2.24 bits per heavy atom. The van der Waals surface area contributed by atoms with Gasteiger partial charge in [0.15, 0.2) is 0 Å². The summed E-state index contributed by atoms with van der Waals surface area (Å²) in [6, 6.07) is 8.52. The van der Waals surface area contributed by atoms with Crippen LogP contribution in [0.5, 0.6) is 0 Å². The lowest BCUT2D eigenvalue weighted by Gasteiger charge is -2.14. The van der Waals surface area contributed by atoms with Gasteiger partial charge in [0.2, 0.25) is 0 Å². The van der Waals surface area contributed by atoms with Crippen molar-refractivity contribution in [2.45, 2.75) is 25.8 Å². The van der Waals surface area contributed by atoms with E-state index in [-0.39, 0.29) is 0 Å². The predicted molar refractivity (Wildman–Crippen MR) is 84.3 cm³/mol. The number of nitrogens with zero attached hydrogens (tertiary/aromatic N) is 2. The average Bonchev–Trinajstić information content (AvgIpc) is 3.20. The van der Waals surface area contributed by atoms with Gasteiger partial charge < -0.3 is 9.97 Å². The molecule has 4 nitrogen and oxygen atoms in total. The van der Waals surface area contributed by atoms with Gasteiger partial charge in [0, 0.05) is 48.0 Å². The van der Waals surface area contributed by atoms with Crippen LogP contribution in [-0.4, -0.2) is 32.9 Å². The van der Waals surface area contributed by atoms with Gasteiger partial charge in [0.25, 0.3) is 0 Å². The lowest BCUT2D eigenvalue weighted by atomic mass is 10.1. The number of para-hydroxylation sites is 1. The molecule has 4 rings (SSSR count). The molecule has 108 valence electrons. The van der Waals surface area contributed by atoms with Gasteiger partial charge in [0.05, 0.1) is 0 Å². The first-order valence-electron chi connectivity index (χ1n) is 7.58. The summed E-state index contributed by atoms with van der Waals surface area (Å²) in [7, 11) is 0. The van der Waals surface area contributed by atoms with E-state index in [1.54, 1.807) is 0 Å². The molecule has 0 saturated carbocycles. The molecule has 0 amide bonds. The van der Waals surface area contributed by atoms with E-state index in [1.165, 1.54) is 22.9 Å². The molecule has 3 heterocycles. The Morgan fingerprint density at radius 3 is 3.10 bits per heavy atom. The maximum atomic E-state index is 4.49. The maximum absolute atomic E-state index is 4.49. The molecule has 0 aliphatic carbocycles. The highest BCUT2D eigenvalue weighted by atomic mass is 15.2. The molecule has 0 unspecified atom stereocenters. The lowest BCUT2D eigenvalue weighted by Crippen LogP contribution is -2.19. The number of H-pyrrole nitrogens is 2. The molecule has 21 heavy (non-hydrogen) atoms. The normalized spacial score (nSPS) is 19.6. The molecule has 1 atom stereocenters. The van der Waals surface area contributed by atoms with Crippen molar-refractivity contribution in [3.8, 4) is 0 Å². The van der Waals surface area contributed by atoms with Crippen molar-refractivity contribution in [3.05, 3.63) is 53.7 Å². The summed E-state index contributed by atoms with van der Waals surface area (Å²) in [6.45, 7) is 5.31. The number of likely N-dealkylation sites (tertiary alicyclic amines) is 1. The number of aromatic nitrogens is 3. The highest BCUT2D eigenvalue weighted by Crippen LogP contribution is 2.27. The Labute approximate surface area is 124 Å². The van der Waals surface area contributed by atoms with Gasteiger partial charge in [-0.05, 0) is 31.5 Å². The van der Waals surface area contributed by atoms with Gasteiger partial charge in [0.1, 0.15) is 5.82 Å². The Kier molecular flexibility index (Phi) is 3.04. The summed E-state index contributed by atoms with van der Waals surface area (Å²) in [5.41, 5.74) is 3.77. The number of nitrogens with one attached hydrogen (secondary N) is 2. The van der Waals surface area contributed by atoms with Crippen LogP contribution < -0.4 is 0 Å². The Bertz CT molecular complexity index is 755. The van der Waals surface area contributed by atoms with E-state index in [0.717, 1.165) is 31.2 Å². The molecule has 1 fully saturated rings. The van der Waals surface area contributed by atoms with Gasteiger partial charge in [-0.15, -0.1) is 0 Å². The van der Waals surface area contributed by atoms with Crippen LogP contribution in [0.25, 0.3) is 10.9 Å². The summed E-state index contributed by atoms with van der Waals surface area (Å²) in [5, 5.41) is 1.34. The molecule has 1 aromatic carbocycles. The number of benzene rings is 1. The van der Waals surface area contributed by atoms with E-state index in [9.17, 15) is 0 Å². The number of fused-ring (bicyclic) bond motifs is 1. The van der Waals surface area contributed by atoms with E-state index in [0.29, 0.717) is 5.92 Å². The second-order valence-electron chi connectivity index (χ2n) is 6.03. The van der Waals surface area contributed by atoms with Gasteiger partial charge in [-0.25, -0.2) is 4.98 Å². The minimum Gasteiger partial charge on any atom is -0.361 e. The van der Waals surface area contributed by atoms with Crippen molar-refractivity contribution >= 4 is 10.9 Å². The zero-order valence-corrected chi connectivity index (χ0v) is 12.3. The average molecular weight is 280 g/mol. The van der Waals surface area contributed by atoms with E-state index < -0.39 is 0 Å². The van der Waals surface area contributed by atoms with Crippen LogP contribution in [0.4, 0.5) is 0 Å². The zero-order chi connectivity index (χ0) is 14.2. The fourth-order valence-electron chi connectivity index (χ4n) is 3.34. The van der Waals surface area contributed by atoms with Crippen LogP contribution in [0.15, 0.2) is 36.7 Å². The van der Waals surface area contributed by atoms with E-state index in [4.69, 9.17) is 0 Å². The SMILES string of the molecule is Cc1cnc([C@H]2CCN(Cc3c[nH]c4ccccc34)C2)[nH]1. The van der Waals surface area contributed by atoms with Gasteiger partial charge in [-0.1, -0.05) is 18.2 Å². The first-order valence-corrected chi connectivity index (χ1v) is 7.58. The first kappa shape index (κ1) is 12.7. The Balaban J connectivity index is 1.49. The largest absolute Gasteiger partial charge is 0.361 e. The molecule has 2 N–H and O–H groups in total. The van der Waals surface area contributed by atoms with Crippen molar-refractivity contribution in [1.29, 1.82) is 0 Å². The van der Waals surface area contributed by atoms with Gasteiger partial charge in [-0.2, -0.15) is 0 Å². The summed E-state index contributed by atoms with van der Waals surface area (Å²) in [5.74, 6) is 1.69. The molecule has 0 spiro atoms. The molecular formula is C17H20N4. The molecule has 1 aliphatic heterocycles. The van der Waals surface area contributed by atoms with Crippen LogP contribution in [0.3, 0.4) is 0 Å². The topological polar surface area (TPSA) is 47.7 Å². The van der Waals surface area contributed by atoms with Crippen molar-refractivity contribution in [1.82, 2.24) is 19.9 Å². The Morgan fingerprint density at radius 1 is 1.33 bits per heavy atom. The summed E-state index contributed by atoms with van der Waals surface area (Å²) in [4.78, 5) is 13.8.